The van der Waals surface area contributed by atoms with Gasteiger partial charge in [0.1, 0.15) is 0 Å². The zero-order valence-corrected chi connectivity index (χ0v) is 11.8. The summed E-state index contributed by atoms with van der Waals surface area (Å²) >= 11 is 0. The zero-order chi connectivity index (χ0) is 14.0. The van der Waals surface area contributed by atoms with Gasteiger partial charge in [0.15, 0.2) is 0 Å². The lowest BCUT2D eigenvalue weighted by molar-refractivity contribution is -0.136. The number of carbonyl (C=O) groups is 1. The average molecular weight is 262 g/mol. The summed E-state index contributed by atoms with van der Waals surface area (Å²) in [7, 11) is 0. The van der Waals surface area contributed by atoms with Crippen LogP contribution in [0.1, 0.15) is 45.3 Å². The summed E-state index contributed by atoms with van der Waals surface area (Å²) in [5.74, 6) is 0.165. The van der Waals surface area contributed by atoms with Gasteiger partial charge < -0.3 is 10.6 Å². The zero-order valence-electron chi connectivity index (χ0n) is 11.8. The lowest BCUT2D eigenvalue weighted by atomic mass is 10.0. The van der Waals surface area contributed by atoms with Crippen LogP contribution in [0, 0.1) is 5.92 Å². The van der Waals surface area contributed by atoms with E-state index in [4.69, 9.17) is 5.73 Å². The van der Waals surface area contributed by atoms with Crippen molar-refractivity contribution in [2.24, 2.45) is 11.7 Å². The average Bonchev–Trinajstić information content (AvgIpc) is 3.23. The van der Waals surface area contributed by atoms with E-state index in [0.717, 1.165) is 18.5 Å². The Labute approximate surface area is 114 Å². The van der Waals surface area contributed by atoms with Crippen molar-refractivity contribution in [3.63, 3.8) is 0 Å². The molecule has 1 aliphatic carbocycles. The van der Waals surface area contributed by atoms with Crippen LogP contribution in [-0.4, -0.2) is 32.9 Å². The van der Waals surface area contributed by atoms with Gasteiger partial charge in [-0.3, -0.25) is 14.8 Å². The van der Waals surface area contributed by atoms with Crippen LogP contribution in [0.25, 0.3) is 0 Å². The molecule has 2 atom stereocenters. The molecule has 5 heteroatoms. The van der Waals surface area contributed by atoms with Crippen LogP contribution >= 0.6 is 0 Å². The minimum atomic E-state index is -0.445. The minimum absolute atomic E-state index is 0.0238. The Bertz CT molecular complexity index is 430. The van der Waals surface area contributed by atoms with Crippen LogP contribution in [0.15, 0.2) is 18.6 Å². The Morgan fingerprint density at radius 1 is 1.37 bits per heavy atom. The first-order valence-electron chi connectivity index (χ1n) is 6.86. The quantitative estimate of drug-likeness (QED) is 0.873. The molecule has 0 spiro atoms. The van der Waals surface area contributed by atoms with Crippen LogP contribution in [0.4, 0.5) is 0 Å². The Morgan fingerprint density at radius 2 is 2.05 bits per heavy atom. The van der Waals surface area contributed by atoms with Crippen molar-refractivity contribution in [1.29, 1.82) is 0 Å². The predicted octanol–water partition coefficient (Wildman–Crippen LogP) is 1.51. The van der Waals surface area contributed by atoms with Crippen LogP contribution in [0.5, 0.6) is 0 Å². The van der Waals surface area contributed by atoms with Gasteiger partial charge in [-0.15, -0.1) is 0 Å². The van der Waals surface area contributed by atoms with Crippen molar-refractivity contribution in [1.82, 2.24) is 14.9 Å². The fraction of sp³-hybridized carbons (Fsp3) is 0.643. The molecule has 1 aromatic rings. The molecule has 1 saturated carbocycles. The Hall–Kier alpha value is -1.49. The Morgan fingerprint density at radius 3 is 2.53 bits per heavy atom. The summed E-state index contributed by atoms with van der Waals surface area (Å²) in [6.07, 6.45) is 7.12. The third-order valence-corrected chi connectivity index (χ3v) is 3.63. The maximum absolute atomic E-state index is 12.5. The SMILES string of the molecule is CC(C)[C@H](N)C(=O)N(C1CC1)C(C)c1cnccn1. The molecule has 19 heavy (non-hydrogen) atoms. The second kappa shape index (κ2) is 5.65. The van der Waals surface area contributed by atoms with Gasteiger partial charge in [0.25, 0.3) is 0 Å². The van der Waals surface area contributed by atoms with Crippen molar-refractivity contribution in [3.8, 4) is 0 Å². The molecule has 0 bridgehead atoms. The van der Waals surface area contributed by atoms with Crippen LogP contribution in [-0.2, 0) is 4.79 Å². The summed E-state index contributed by atoms with van der Waals surface area (Å²) in [6, 6.07) is -0.201. The monoisotopic (exact) mass is 262 g/mol. The molecule has 1 aromatic heterocycles. The summed E-state index contributed by atoms with van der Waals surface area (Å²) in [4.78, 5) is 22.8. The number of rotatable bonds is 5. The van der Waals surface area contributed by atoms with E-state index in [-0.39, 0.29) is 17.9 Å². The molecular weight excluding hydrogens is 240 g/mol. The second-order valence-corrected chi connectivity index (χ2v) is 5.55. The standard InChI is InChI=1S/C14H22N4O/c1-9(2)13(15)14(19)18(11-4-5-11)10(3)12-8-16-6-7-17-12/h6-11,13H,4-5,15H2,1-3H3/t10?,13-/m0/s1. The molecule has 0 saturated heterocycles. The number of nitrogens with zero attached hydrogens (tertiary/aromatic N) is 3. The van der Waals surface area contributed by atoms with E-state index in [2.05, 4.69) is 9.97 Å². The lowest BCUT2D eigenvalue weighted by Gasteiger charge is -2.32. The Kier molecular flexibility index (Phi) is 4.14. The highest BCUT2D eigenvalue weighted by molar-refractivity contribution is 5.82. The fourth-order valence-corrected chi connectivity index (χ4v) is 2.17. The van der Waals surface area contributed by atoms with Crippen LogP contribution in [0.3, 0.4) is 0 Å². The van der Waals surface area contributed by atoms with Gasteiger partial charge in [0.05, 0.1) is 24.0 Å². The van der Waals surface area contributed by atoms with Gasteiger partial charge in [0.2, 0.25) is 5.91 Å². The molecule has 0 aliphatic heterocycles. The largest absolute Gasteiger partial charge is 0.330 e. The van der Waals surface area contributed by atoms with Crippen molar-refractivity contribution >= 4 is 5.91 Å². The van der Waals surface area contributed by atoms with E-state index in [9.17, 15) is 4.79 Å². The van der Waals surface area contributed by atoms with Gasteiger partial charge in [0, 0.05) is 18.4 Å². The summed E-state index contributed by atoms with van der Waals surface area (Å²) in [5, 5.41) is 0. The molecule has 1 unspecified atom stereocenters. The molecule has 104 valence electrons. The number of aromatic nitrogens is 2. The van der Waals surface area contributed by atoms with E-state index in [1.807, 2.05) is 25.7 Å². The molecule has 5 nitrogen and oxygen atoms in total. The molecule has 0 aromatic carbocycles. The second-order valence-electron chi connectivity index (χ2n) is 5.55. The molecular formula is C14H22N4O. The number of nitrogens with two attached hydrogens (primary N) is 1. The number of hydrogen-bond acceptors (Lipinski definition) is 4. The maximum Gasteiger partial charge on any atom is 0.240 e. The summed E-state index contributed by atoms with van der Waals surface area (Å²) in [5.41, 5.74) is 6.83. The normalized spacial score (nSPS) is 18.2. The molecule has 2 N–H and O–H groups in total. The van der Waals surface area contributed by atoms with Gasteiger partial charge >= 0.3 is 0 Å². The third-order valence-electron chi connectivity index (χ3n) is 3.63. The number of carbonyl (C=O) groups excluding carboxylic acids is 1. The van der Waals surface area contributed by atoms with E-state index < -0.39 is 6.04 Å². The Balaban J connectivity index is 2.19. The van der Waals surface area contributed by atoms with E-state index in [1.165, 1.54) is 0 Å². The molecule has 1 aliphatic rings. The smallest absolute Gasteiger partial charge is 0.240 e. The highest BCUT2D eigenvalue weighted by Crippen LogP contribution is 2.34. The summed E-state index contributed by atoms with van der Waals surface area (Å²) in [6.45, 7) is 5.94. The van der Waals surface area contributed by atoms with Crippen molar-refractivity contribution in [3.05, 3.63) is 24.3 Å². The molecule has 1 amide bonds. The predicted molar refractivity (Wildman–Crippen MR) is 73.1 cm³/mol. The topological polar surface area (TPSA) is 72.1 Å². The number of amides is 1. The first kappa shape index (κ1) is 13.9. The summed E-state index contributed by atoms with van der Waals surface area (Å²) < 4.78 is 0. The van der Waals surface area contributed by atoms with Gasteiger partial charge in [-0.05, 0) is 25.7 Å². The van der Waals surface area contributed by atoms with Crippen molar-refractivity contribution < 1.29 is 4.79 Å². The minimum Gasteiger partial charge on any atom is -0.330 e. The van der Waals surface area contributed by atoms with Gasteiger partial charge in [-0.1, -0.05) is 13.8 Å². The molecule has 1 heterocycles. The first-order chi connectivity index (χ1) is 9.02. The number of hydrogen-bond donors (Lipinski definition) is 1. The van der Waals surface area contributed by atoms with E-state index in [0.29, 0.717) is 6.04 Å². The van der Waals surface area contributed by atoms with E-state index >= 15 is 0 Å². The maximum atomic E-state index is 12.5. The van der Waals surface area contributed by atoms with Crippen molar-refractivity contribution in [2.75, 3.05) is 0 Å². The van der Waals surface area contributed by atoms with Crippen LogP contribution < -0.4 is 5.73 Å². The van der Waals surface area contributed by atoms with E-state index in [1.54, 1.807) is 18.6 Å². The lowest BCUT2D eigenvalue weighted by Crippen LogP contribution is -2.48. The van der Waals surface area contributed by atoms with Gasteiger partial charge in [-0.2, -0.15) is 0 Å². The van der Waals surface area contributed by atoms with Gasteiger partial charge in [-0.25, -0.2) is 0 Å². The third kappa shape index (κ3) is 3.10. The van der Waals surface area contributed by atoms with Crippen LogP contribution in [0.2, 0.25) is 0 Å². The van der Waals surface area contributed by atoms with Crippen molar-refractivity contribution in [2.45, 2.75) is 51.7 Å². The molecule has 0 radical (unpaired) electrons. The highest BCUT2D eigenvalue weighted by atomic mass is 16.2. The highest BCUT2D eigenvalue weighted by Gasteiger charge is 2.39. The fourth-order valence-electron chi connectivity index (χ4n) is 2.17. The molecule has 1 fully saturated rings. The first-order valence-corrected chi connectivity index (χ1v) is 6.86. The molecule has 2 rings (SSSR count).